The van der Waals surface area contributed by atoms with Gasteiger partial charge in [0.1, 0.15) is 5.75 Å². The van der Waals surface area contributed by atoms with Crippen LogP contribution in [-0.2, 0) is 14.8 Å². The van der Waals surface area contributed by atoms with Gasteiger partial charge in [-0.25, -0.2) is 12.7 Å². The number of piperidine rings is 1. The molecule has 0 bridgehead atoms. The fourth-order valence-electron chi connectivity index (χ4n) is 2.91. The molecule has 0 aliphatic carbocycles. The number of ether oxygens (including phenoxy) is 1. The van der Waals surface area contributed by atoms with Crippen molar-refractivity contribution in [3.05, 3.63) is 24.3 Å². The number of sulfonamides is 1. The summed E-state index contributed by atoms with van der Waals surface area (Å²) < 4.78 is 29.8. The number of nitrogens with one attached hydrogen (secondary N) is 1. The summed E-state index contributed by atoms with van der Waals surface area (Å²) in [5, 5.41) is 2.92. The van der Waals surface area contributed by atoms with Crippen LogP contribution in [0.5, 0.6) is 5.75 Å². The van der Waals surface area contributed by atoms with Gasteiger partial charge in [-0.3, -0.25) is 4.79 Å². The van der Waals surface area contributed by atoms with Gasteiger partial charge >= 0.3 is 0 Å². The van der Waals surface area contributed by atoms with E-state index in [1.807, 2.05) is 36.2 Å². The average molecular weight is 369 g/mol. The van der Waals surface area contributed by atoms with Gasteiger partial charge in [-0.1, -0.05) is 0 Å². The van der Waals surface area contributed by atoms with Crippen LogP contribution in [0.4, 0.5) is 5.69 Å². The molecule has 0 spiro atoms. The molecule has 25 heavy (non-hydrogen) atoms. The molecule has 0 aromatic heterocycles. The van der Waals surface area contributed by atoms with E-state index in [9.17, 15) is 13.2 Å². The van der Waals surface area contributed by atoms with Gasteiger partial charge in [0.25, 0.3) is 0 Å². The lowest BCUT2D eigenvalue weighted by molar-refractivity contribution is -0.125. The number of hydrogen-bond acceptors (Lipinski definition) is 5. The molecule has 2 rings (SSSR count). The number of carbonyl (C=O) groups excluding carboxylic acids is 1. The van der Waals surface area contributed by atoms with Crippen molar-refractivity contribution < 1.29 is 17.9 Å². The molecule has 8 heteroatoms. The second-order valence-corrected chi connectivity index (χ2v) is 8.35. The third-order valence-corrected chi connectivity index (χ3v) is 5.75. The standard InChI is InChI=1S/C17H27N3O4S/c1-19(15-6-8-16(24-2)9-7-15)12-10-18-17(21)14-5-4-11-20(13-14)25(3,22)23/h6-9,14H,4-5,10-13H2,1-3H3,(H,18,21). The van der Waals surface area contributed by atoms with E-state index in [0.29, 0.717) is 19.6 Å². The summed E-state index contributed by atoms with van der Waals surface area (Å²) in [7, 11) is 0.354. The van der Waals surface area contributed by atoms with Crippen molar-refractivity contribution in [2.75, 3.05) is 51.5 Å². The Morgan fingerprint density at radius 2 is 2.04 bits per heavy atom. The normalized spacial score (nSPS) is 18.6. The molecule has 1 aliphatic heterocycles. The van der Waals surface area contributed by atoms with Crippen LogP contribution >= 0.6 is 0 Å². The fraction of sp³-hybridized carbons (Fsp3) is 0.588. The summed E-state index contributed by atoms with van der Waals surface area (Å²) in [5.41, 5.74) is 1.04. The Morgan fingerprint density at radius 1 is 1.36 bits per heavy atom. The fourth-order valence-corrected chi connectivity index (χ4v) is 3.83. The lowest BCUT2D eigenvalue weighted by Gasteiger charge is -2.30. The van der Waals surface area contributed by atoms with Gasteiger partial charge in [0.15, 0.2) is 0 Å². The second kappa shape index (κ2) is 8.53. The molecule has 1 saturated heterocycles. The molecule has 1 atom stereocenters. The number of anilines is 1. The van der Waals surface area contributed by atoms with E-state index in [1.54, 1.807) is 7.11 Å². The van der Waals surface area contributed by atoms with Crippen molar-refractivity contribution >= 4 is 21.6 Å². The Kier molecular flexibility index (Phi) is 6.66. The molecular formula is C17H27N3O4S. The van der Waals surface area contributed by atoms with Crippen LogP contribution in [0.1, 0.15) is 12.8 Å². The summed E-state index contributed by atoms with van der Waals surface area (Å²) in [4.78, 5) is 14.3. The predicted molar refractivity (Wildman–Crippen MR) is 98.4 cm³/mol. The Morgan fingerprint density at radius 3 is 2.64 bits per heavy atom. The minimum Gasteiger partial charge on any atom is -0.497 e. The van der Waals surface area contributed by atoms with Crippen LogP contribution in [0.15, 0.2) is 24.3 Å². The second-order valence-electron chi connectivity index (χ2n) is 6.37. The maximum atomic E-state index is 12.3. The number of rotatable bonds is 7. The summed E-state index contributed by atoms with van der Waals surface area (Å²) in [6, 6.07) is 7.72. The molecule has 1 N–H and O–H groups in total. The Bertz CT molecular complexity index is 676. The van der Waals surface area contributed by atoms with Gasteiger partial charge < -0.3 is 15.0 Å². The maximum absolute atomic E-state index is 12.3. The lowest BCUT2D eigenvalue weighted by Crippen LogP contribution is -2.46. The molecule has 7 nitrogen and oxygen atoms in total. The summed E-state index contributed by atoms with van der Waals surface area (Å²) in [6.07, 6.45) is 2.64. The molecule has 0 saturated carbocycles. The van der Waals surface area contributed by atoms with Gasteiger partial charge in [0.2, 0.25) is 15.9 Å². The SMILES string of the molecule is COc1ccc(N(C)CCNC(=O)C2CCCN(S(C)(=O)=O)C2)cc1. The molecule has 1 unspecified atom stereocenters. The highest BCUT2D eigenvalue weighted by atomic mass is 32.2. The largest absolute Gasteiger partial charge is 0.497 e. The van der Waals surface area contributed by atoms with Gasteiger partial charge in [0, 0.05) is 38.9 Å². The van der Waals surface area contributed by atoms with Crippen LogP contribution in [0.2, 0.25) is 0 Å². The van der Waals surface area contributed by atoms with E-state index in [2.05, 4.69) is 5.32 Å². The van der Waals surface area contributed by atoms with Crippen molar-refractivity contribution in [3.8, 4) is 5.75 Å². The molecule has 1 heterocycles. The van der Waals surface area contributed by atoms with Crippen LogP contribution in [0.3, 0.4) is 0 Å². The predicted octanol–water partition coefficient (Wildman–Crippen LogP) is 0.919. The first-order chi connectivity index (χ1) is 11.8. The number of nitrogens with zero attached hydrogens (tertiary/aromatic N) is 2. The first-order valence-electron chi connectivity index (χ1n) is 8.39. The maximum Gasteiger partial charge on any atom is 0.224 e. The quantitative estimate of drug-likeness (QED) is 0.773. The monoisotopic (exact) mass is 369 g/mol. The highest BCUT2D eigenvalue weighted by Crippen LogP contribution is 2.19. The highest BCUT2D eigenvalue weighted by molar-refractivity contribution is 7.88. The summed E-state index contributed by atoms with van der Waals surface area (Å²) >= 11 is 0. The van der Waals surface area contributed by atoms with Crippen molar-refractivity contribution in [2.45, 2.75) is 12.8 Å². The minimum absolute atomic E-state index is 0.0727. The first kappa shape index (κ1) is 19.5. The topological polar surface area (TPSA) is 79.0 Å². The first-order valence-corrected chi connectivity index (χ1v) is 10.2. The zero-order valence-electron chi connectivity index (χ0n) is 15.1. The molecule has 1 aliphatic rings. The number of benzene rings is 1. The number of likely N-dealkylation sites (N-methyl/N-ethyl adjacent to an activating group) is 1. The number of amides is 1. The Labute approximate surface area is 150 Å². The van der Waals surface area contributed by atoms with Gasteiger partial charge in [0.05, 0.1) is 19.3 Å². The molecule has 1 fully saturated rings. The Hall–Kier alpha value is -1.80. The average Bonchev–Trinajstić information content (AvgIpc) is 2.61. The molecule has 1 aromatic carbocycles. The summed E-state index contributed by atoms with van der Waals surface area (Å²) in [6.45, 7) is 1.96. The molecule has 1 aromatic rings. The smallest absolute Gasteiger partial charge is 0.224 e. The molecular weight excluding hydrogens is 342 g/mol. The molecule has 0 radical (unpaired) electrons. The number of carbonyl (C=O) groups is 1. The van der Waals surface area contributed by atoms with Gasteiger partial charge in [-0.2, -0.15) is 0 Å². The third kappa shape index (κ3) is 5.61. The van der Waals surface area contributed by atoms with Gasteiger partial charge in [-0.15, -0.1) is 0 Å². The Balaban J connectivity index is 1.79. The van der Waals surface area contributed by atoms with Crippen molar-refractivity contribution in [1.29, 1.82) is 0 Å². The van der Waals surface area contributed by atoms with Crippen molar-refractivity contribution in [3.63, 3.8) is 0 Å². The molecule has 1 amide bonds. The van der Waals surface area contributed by atoms with E-state index < -0.39 is 10.0 Å². The number of methoxy groups -OCH3 is 1. The van der Waals surface area contributed by atoms with Crippen molar-refractivity contribution in [1.82, 2.24) is 9.62 Å². The van der Waals surface area contributed by atoms with E-state index >= 15 is 0 Å². The minimum atomic E-state index is -3.23. The van der Waals surface area contributed by atoms with E-state index in [1.165, 1.54) is 10.6 Å². The number of hydrogen-bond donors (Lipinski definition) is 1. The molecule has 140 valence electrons. The van der Waals surface area contributed by atoms with Crippen molar-refractivity contribution in [2.24, 2.45) is 5.92 Å². The van der Waals surface area contributed by atoms with Gasteiger partial charge in [-0.05, 0) is 37.1 Å². The van der Waals surface area contributed by atoms with E-state index in [4.69, 9.17) is 4.74 Å². The van der Waals surface area contributed by atoms with E-state index in [-0.39, 0.29) is 18.4 Å². The van der Waals surface area contributed by atoms with Crippen LogP contribution in [-0.4, -0.2) is 65.2 Å². The lowest BCUT2D eigenvalue weighted by atomic mass is 9.99. The highest BCUT2D eigenvalue weighted by Gasteiger charge is 2.29. The zero-order chi connectivity index (χ0) is 18.4. The van der Waals surface area contributed by atoms with Crippen LogP contribution in [0.25, 0.3) is 0 Å². The van der Waals surface area contributed by atoms with E-state index in [0.717, 1.165) is 24.3 Å². The van der Waals surface area contributed by atoms with Crippen LogP contribution in [0, 0.1) is 5.92 Å². The third-order valence-electron chi connectivity index (χ3n) is 4.48. The zero-order valence-corrected chi connectivity index (χ0v) is 15.9. The summed E-state index contributed by atoms with van der Waals surface area (Å²) in [5.74, 6) is 0.462. The van der Waals surface area contributed by atoms with Crippen LogP contribution < -0.4 is 15.0 Å².